The number of hydrogen-bond acceptors (Lipinski definition) is 2. The van der Waals surface area contributed by atoms with Crippen LogP contribution in [0.1, 0.15) is 24.6 Å². The van der Waals surface area contributed by atoms with Gasteiger partial charge in [-0.05, 0) is 25.2 Å². The molecule has 16 heavy (non-hydrogen) atoms. The highest BCUT2D eigenvalue weighted by atomic mass is 79.9. The maximum atomic E-state index is 4.49. The van der Waals surface area contributed by atoms with Crippen LogP contribution in [-0.4, -0.2) is 23.4 Å². The second-order valence-corrected chi connectivity index (χ2v) is 5.56. The van der Waals surface area contributed by atoms with E-state index in [-0.39, 0.29) is 0 Å². The number of rotatable bonds is 4. The van der Waals surface area contributed by atoms with Gasteiger partial charge >= 0.3 is 0 Å². The third-order valence-corrected chi connectivity index (χ3v) is 4.15. The van der Waals surface area contributed by atoms with E-state index in [4.69, 9.17) is 0 Å². The summed E-state index contributed by atoms with van der Waals surface area (Å²) in [5.74, 6) is 3.04. The normalized spacial score (nSPS) is 23.6. The average molecular weight is 286 g/mol. The predicted octanol–water partition coefficient (Wildman–Crippen LogP) is 2.72. The van der Waals surface area contributed by atoms with E-state index in [1.807, 2.05) is 11.7 Å². The van der Waals surface area contributed by atoms with Crippen molar-refractivity contribution < 1.29 is 0 Å². The molecule has 0 aliphatic heterocycles. The number of aryl methyl sites for hydroxylation is 2. The lowest BCUT2D eigenvalue weighted by Gasteiger charge is -2.20. The molecular formula is C12H20BrN3. The average Bonchev–Trinajstić information content (AvgIpc) is 2.79. The van der Waals surface area contributed by atoms with Gasteiger partial charge in [0.2, 0.25) is 0 Å². The third-order valence-electron chi connectivity index (χ3n) is 3.59. The quantitative estimate of drug-likeness (QED) is 0.794. The van der Waals surface area contributed by atoms with Gasteiger partial charge < -0.3 is 4.90 Å². The Morgan fingerprint density at radius 3 is 2.69 bits per heavy atom. The van der Waals surface area contributed by atoms with Gasteiger partial charge in [-0.15, -0.1) is 0 Å². The molecule has 1 aliphatic rings. The third kappa shape index (κ3) is 2.12. The van der Waals surface area contributed by atoms with Crippen LogP contribution in [0, 0.1) is 18.8 Å². The molecule has 1 heterocycles. The number of halogens is 1. The zero-order valence-corrected chi connectivity index (χ0v) is 12.1. The summed E-state index contributed by atoms with van der Waals surface area (Å²) < 4.78 is 2.00. The predicted molar refractivity (Wildman–Crippen MR) is 71.1 cm³/mol. The highest BCUT2D eigenvalue weighted by molar-refractivity contribution is 9.08. The number of aromatic nitrogens is 2. The van der Waals surface area contributed by atoms with Crippen LogP contribution in [0.3, 0.4) is 0 Å². The van der Waals surface area contributed by atoms with Crippen molar-refractivity contribution in [1.82, 2.24) is 9.78 Å². The maximum Gasteiger partial charge on any atom is 0.130 e. The highest BCUT2D eigenvalue weighted by Crippen LogP contribution is 2.39. The SMILES string of the molecule is Cc1nn(C)c(N(C)CC2CC2C)c1CBr. The van der Waals surface area contributed by atoms with E-state index in [9.17, 15) is 0 Å². The lowest BCUT2D eigenvalue weighted by atomic mass is 10.2. The molecule has 0 bridgehead atoms. The molecule has 90 valence electrons. The van der Waals surface area contributed by atoms with E-state index in [1.54, 1.807) is 0 Å². The molecule has 1 aromatic rings. The van der Waals surface area contributed by atoms with Crippen molar-refractivity contribution in [3.8, 4) is 0 Å². The summed E-state index contributed by atoms with van der Waals surface area (Å²) in [6.07, 6.45) is 1.38. The molecule has 0 N–H and O–H groups in total. The topological polar surface area (TPSA) is 21.1 Å². The Labute approximate surface area is 106 Å². The van der Waals surface area contributed by atoms with Crippen LogP contribution in [0.5, 0.6) is 0 Å². The fourth-order valence-electron chi connectivity index (χ4n) is 2.42. The van der Waals surface area contributed by atoms with Gasteiger partial charge in [0.05, 0.1) is 5.69 Å². The molecule has 0 amide bonds. The number of alkyl halides is 1. The Kier molecular flexibility index (Phi) is 3.29. The molecule has 0 aromatic carbocycles. The summed E-state index contributed by atoms with van der Waals surface area (Å²) in [7, 11) is 4.20. The molecule has 2 unspecified atom stereocenters. The highest BCUT2D eigenvalue weighted by Gasteiger charge is 2.34. The van der Waals surface area contributed by atoms with Crippen molar-refractivity contribution in [2.45, 2.75) is 25.6 Å². The molecule has 0 spiro atoms. The van der Waals surface area contributed by atoms with E-state index in [2.05, 4.69) is 46.8 Å². The van der Waals surface area contributed by atoms with Crippen LogP contribution in [-0.2, 0) is 12.4 Å². The molecule has 1 aromatic heterocycles. The first-order valence-electron chi connectivity index (χ1n) is 5.84. The lowest BCUT2D eigenvalue weighted by Crippen LogP contribution is -2.24. The standard InChI is InChI=1S/C12H20BrN3/c1-8-5-10(8)7-15(3)12-11(6-13)9(2)14-16(12)4/h8,10H,5-7H2,1-4H3. The summed E-state index contributed by atoms with van der Waals surface area (Å²) in [4.78, 5) is 2.35. The maximum absolute atomic E-state index is 4.49. The smallest absolute Gasteiger partial charge is 0.130 e. The van der Waals surface area contributed by atoms with E-state index < -0.39 is 0 Å². The second-order valence-electron chi connectivity index (χ2n) is 5.00. The summed E-state index contributed by atoms with van der Waals surface area (Å²) in [5.41, 5.74) is 2.45. The van der Waals surface area contributed by atoms with Gasteiger partial charge in [0, 0.05) is 31.5 Å². The first-order valence-corrected chi connectivity index (χ1v) is 6.96. The molecule has 1 saturated carbocycles. The Balaban J connectivity index is 2.17. The molecule has 0 radical (unpaired) electrons. The summed E-state index contributed by atoms with van der Waals surface area (Å²) >= 11 is 3.55. The summed E-state index contributed by atoms with van der Waals surface area (Å²) in [5, 5.41) is 5.38. The largest absolute Gasteiger partial charge is 0.359 e. The van der Waals surface area contributed by atoms with Crippen molar-refractivity contribution in [3.63, 3.8) is 0 Å². The second kappa shape index (κ2) is 4.40. The van der Waals surface area contributed by atoms with Crippen molar-refractivity contribution >= 4 is 21.7 Å². The number of nitrogens with zero attached hydrogens (tertiary/aromatic N) is 3. The van der Waals surface area contributed by atoms with Gasteiger partial charge in [0.15, 0.2) is 0 Å². The zero-order valence-electron chi connectivity index (χ0n) is 10.5. The van der Waals surface area contributed by atoms with E-state index in [1.165, 1.54) is 17.8 Å². The molecule has 2 atom stereocenters. The Bertz CT molecular complexity index is 386. The number of anilines is 1. The first-order chi connectivity index (χ1) is 7.54. The van der Waals surface area contributed by atoms with E-state index in [0.717, 1.165) is 29.4 Å². The Morgan fingerprint density at radius 1 is 1.56 bits per heavy atom. The van der Waals surface area contributed by atoms with Crippen LogP contribution < -0.4 is 4.90 Å². The van der Waals surface area contributed by atoms with Gasteiger partial charge in [-0.2, -0.15) is 5.10 Å². The van der Waals surface area contributed by atoms with Crippen LogP contribution >= 0.6 is 15.9 Å². The fraction of sp³-hybridized carbons (Fsp3) is 0.750. The minimum Gasteiger partial charge on any atom is -0.359 e. The van der Waals surface area contributed by atoms with Crippen molar-refractivity contribution in [3.05, 3.63) is 11.3 Å². The first kappa shape index (κ1) is 12.0. The van der Waals surface area contributed by atoms with E-state index >= 15 is 0 Å². The Morgan fingerprint density at radius 2 is 2.19 bits per heavy atom. The van der Waals surface area contributed by atoms with Gasteiger partial charge in [0.1, 0.15) is 5.82 Å². The molecule has 2 rings (SSSR count). The minimum atomic E-state index is 0.878. The molecule has 4 heteroatoms. The zero-order chi connectivity index (χ0) is 11.9. The monoisotopic (exact) mass is 285 g/mol. The van der Waals surface area contributed by atoms with Crippen molar-refractivity contribution in [1.29, 1.82) is 0 Å². The summed E-state index contributed by atoms with van der Waals surface area (Å²) in [6.45, 7) is 5.56. The van der Waals surface area contributed by atoms with Crippen LogP contribution in [0.4, 0.5) is 5.82 Å². The van der Waals surface area contributed by atoms with E-state index in [0.29, 0.717) is 0 Å². The van der Waals surface area contributed by atoms with Crippen LogP contribution in [0.25, 0.3) is 0 Å². The molecule has 1 aliphatic carbocycles. The molecule has 3 nitrogen and oxygen atoms in total. The van der Waals surface area contributed by atoms with Crippen molar-refractivity contribution in [2.75, 3.05) is 18.5 Å². The van der Waals surface area contributed by atoms with Gasteiger partial charge in [-0.3, -0.25) is 4.68 Å². The molecular weight excluding hydrogens is 266 g/mol. The summed E-state index contributed by atoms with van der Waals surface area (Å²) in [6, 6.07) is 0. The van der Waals surface area contributed by atoms with Crippen LogP contribution in [0.2, 0.25) is 0 Å². The lowest BCUT2D eigenvalue weighted by molar-refractivity contribution is 0.680. The number of hydrogen-bond donors (Lipinski definition) is 0. The van der Waals surface area contributed by atoms with Gasteiger partial charge in [0.25, 0.3) is 0 Å². The minimum absolute atomic E-state index is 0.878. The Hall–Kier alpha value is -0.510. The van der Waals surface area contributed by atoms with Gasteiger partial charge in [-0.1, -0.05) is 22.9 Å². The fourth-order valence-corrected chi connectivity index (χ4v) is 3.07. The van der Waals surface area contributed by atoms with Gasteiger partial charge in [-0.25, -0.2) is 0 Å². The molecule has 1 fully saturated rings. The van der Waals surface area contributed by atoms with Crippen molar-refractivity contribution in [2.24, 2.45) is 18.9 Å². The molecule has 0 saturated heterocycles. The van der Waals surface area contributed by atoms with Crippen LogP contribution in [0.15, 0.2) is 0 Å².